The largest absolute Gasteiger partial charge is 0.451 e. The summed E-state index contributed by atoms with van der Waals surface area (Å²) >= 11 is 4.03. The molecule has 0 heterocycles. The smallest absolute Gasteiger partial charge is 0.324 e. The van der Waals surface area contributed by atoms with E-state index >= 15 is 0 Å². The van der Waals surface area contributed by atoms with Crippen molar-refractivity contribution in [3.05, 3.63) is 71.8 Å². The molecular weight excluding hydrogens is 270 g/mol. The zero-order chi connectivity index (χ0) is 14.4. The summed E-state index contributed by atoms with van der Waals surface area (Å²) in [5, 5.41) is 0. The molecule has 2 aromatic rings. The third-order valence-electron chi connectivity index (χ3n) is 2.94. The van der Waals surface area contributed by atoms with Crippen LogP contribution < -0.4 is 5.73 Å². The van der Waals surface area contributed by atoms with E-state index in [1.807, 2.05) is 60.7 Å². The molecule has 0 spiro atoms. The van der Waals surface area contributed by atoms with Gasteiger partial charge in [0.15, 0.2) is 6.10 Å². The molecule has 0 aliphatic heterocycles. The number of benzene rings is 2. The molecule has 2 rings (SSSR count). The second-order valence-corrected chi connectivity index (χ2v) is 4.79. The topological polar surface area (TPSA) is 52.3 Å². The molecule has 0 radical (unpaired) electrons. The van der Waals surface area contributed by atoms with E-state index in [1.54, 1.807) is 0 Å². The molecule has 0 aliphatic carbocycles. The predicted octanol–water partition coefficient (Wildman–Crippen LogP) is 2.58. The van der Waals surface area contributed by atoms with Crippen LogP contribution in [0.1, 0.15) is 17.2 Å². The Kier molecular flexibility index (Phi) is 5.21. The number of carbonyl (C=O) groups excluding carboxylic acids is 1. The lowest BCUT2D eigenvalue weighted by Crippen LogP contribution is -2.34. The van der Waals surface area contributed by atoms with Crippen LogP contribution >= 0.6 is 12.6 Å². The van der Waals surface area contributed by atoms with Crippen molar-refractivity contribution in [2.75, 3.05) is 5.75 Å². The summed E-state index contributed by atoms with van der Waals surface area (Å²) in [6.07, 6.45) is -0.448. The molecule has 0 amide bonds. The van der Waals surface area contributed by atoms with Crippen molar-refractivity contribution in [3.63, 3.8) is 0 Å². The highest BCUT2D eigenvalue weighted by atomic mass is 32.1. The first-order valence-electron chi connectivity index (χ1n) is 6.39. The van der Waals surface area contributed by atoms with E-state index in [2.05, 4.69) is 12.6 Å². The molecule has 2 aromatic carbocycles. The number of hydrogen-bond acceptors (Lipinski definition) is 4. The Hall–Kier alpha value is -1.78. The van der Waals surface area contributed by atoms with Gasteiger partial charge in [0.1, 0.15) is 6.04 Å². The summed E-state index contributed by atoms with van der Waals surface area (Å²) in [4.78, 5) is 11.9. The number of hydrogen-bond donors (Lipinski definition) is 2. The Morgan fingerprint density at radius 3 is 1.85 bits per heavy atom. The molecule has 0 aromatic heterocycles. The molecular formula is C16H17NO2S. The van der Waals surface area contributed by atoms with Crippen LogP contribution in [0.3, 0.4) is 0 Å². The van der Waals surface area contributed by atoms with E-state index in [4.69, 9.17) is 10.5 Å². The number of thiol groups is 1. The fourth-order valence-electron chi connectivity index (χ4n) is 1.86. The monoisotopic (exact) mass is 287 g/mol. The van der Waals surface area contributed by atoms with E-state index in [0.717, 1.165) is 11.1 Å². The summed E-state index contributed by atoms with van der Waals surface area (Å²) in [6, 6.07) is 18.5. The lowest BCUT2D eigenvalue weighted by Gasteiger charge is -2.20. The number of nitrogens with two attached hydrogens (primary N) is 1. The highest BCUT2D eigenvalue weighted by Gasteiger charge is 2.22. The number of carbonyl (C=O) groups is 1. The fourth-order valence-corrected chi connectivity index (χ4v) is 2.01. The van der Waals surface area contributed by atoms with Crippen LogP contribution in [0.25, 0.3) is 0 Å². The van der Waals surface area contributed by atoms with Crippen LogP contribution in [0.15, 0.2) is 60.7 Å². The van der Waals surface area contributed by atoms with Crippen molar-refractivity contribution in [1.29, 1.82) is 0 Å². The third-order valence-corrected chi connectivity index (χ3v) is 3.33. The first-order chi connectivity index (χ1) is 9.72. The average molecular weight is 287 g/mol. The zero-order valence-corrected chi connectivity index (χ0v) is 11.9. The first-order valence-corrected chi connectivity index (χ1v) is 7.02. The van der Waals surface area contributed by atoms with E-state index in [1.165, 1.54) is 0 Å². The van der Waals surface area contributed by atoms with Crippen molar-refractivity contribution < 1.29 is 9.53 Å². The van der Waals surface area contributed by atoms with Gasteiger partial charge in [0.25, 0.3) is 0 Å². The van der Waals surface area contributed by atoms with Gasteiger partial charge in [0.2, 0.25) is 0 Å². The summed E-state index contributed by atoms with van der Waals surface area (Å²) in [5.41, 5.74) is 7.50. The summed E-state index contributed by atoms with van der Waals surface area (Å²) in [7, 11) is 0. The molecule has 0 aliphatic rings. The van der Waals surface area contributed by atoms with E-state index in [-0.39, 0.29) is 5.75 Å². The van der Waals surface area contributed by atoms with Gasteiger partial charge in [0, 0.05) is 5.75 Å². The van der Waals surface area contributed by atoms with Crippen molar-refractivity contribution in [3.8, 4) is 0 Å². The van der Waals surface area contributed by atoms with Gasteiger partial charge >= 0.3 is 5.97 Å². The number of rotatable bonds is 5. The summed E-state index contributed by atoms with van der Waals surface area (Å²) in [6.45, 7) is 0. The van der Waals surface area contributed by atoms with Crippen LogP contribution in [-0.4, -0.2) is 17.8 Å². The van der Waals surface area contributed by atoms with Crippen molar-refractivity contribution in [1.82, 2.24) is 0 Å². The summed E-state index contributed by atoms with van der Waals surface area (Å²) < 4.78 is 5.56. The van der Waals surface area contributed by atoms with Crippen molar-refractivity contribution >= 4 is 18.6 Å². The molecule has 0 saturated carbocycles. The zero-order valence-electron chi connectivity index (χ0n) is 11.0. The van der Waals surface area contributed by atoms with Crippen LogP contribution in [0, 0.1) is 0 Å². The number of ether oxygens (including phenoxy) is 1. The van der Waals surface area contributed by atoms with Crippen LogP contribution in [-0.2, 0) is 9.53 Å². The van der Waals surface area contributed by atoms with Gasteiger partial charge in [-0.05, 0) is 11.1 Å². The lowest BCUT2D eigenvalue weighted by atomic mass is 10.0. The second-order valence-electron chi connectivity index (χ2n) is 4.43. The highest BCUT2D eigenvalue weighted by Crippen LogP contribution is 2.26. The minimum absolute atomic E-state index is 0.259. The Balaban J connectivity index is 2.28. The van der Waals surface area contributed by atoms with Crippen molar-refractivity contribution in [2.24, 2.45) is 5.73 Å². The molecule has 1 atom stereocenters. The van der Waals surface area contributed by atoms with E-state index in [9.17, 15) is 4.79 Å². The van der Waals surface area contributed by atoms with Gasteiger partial charge < -0.3 is 10.5 Å². The third kappa shape index (κ3) is 3.62. The number of esters is 1. The highest BCUT2D eigenvalue weighted by molar-refractivity contribution is 7.80. The molecule has 0 unspecified atom stereocenters. The SMILES string of the molecule is N[C@@H](CS)C(=O)OC(c1ccccc1)c1ccccc1. The Morgan fingerprint density at radius 1 is 1.00 bits per heavy atom. The maximum Gasteiger partial charge on any atom is 0.324 e. The Bertz CT molecular complexity index is 505. The minimum atomic E-state index is -0.715. The maximum absolute atomic E-state index is 11.9. The normalized spacial score (nSPS) is 12.2. The quantitative estimate of drug-likeness (QED) is 0.656. The molecule has 0 saturated heterocycles. The minimum Gasteiger partial charge on any atom is -0.451 e. The van der Waals surface area contributed by atoms with Gasteiger partial charge in [-0.25, -0.2) is 0 Å². The second kappa shape index (κ2) is 7.12. The standard InChI is InChI=1S/C16H17NO2S/c17-14(11-20)16(18)19-15(12-7-3-1-4-8-12)13-9-5-2-6-10-13/h1-10,14-15,20H,11,17H2/t14-/m0/s1. The maximum atomic E-state index is 11.9. The molecule has 3 nitrogen and oxygen atoms in total. The van der Waals surface area contributed by atoms with E-state index < -0.39 is 18.1 Å². The van der Waals surface area contributed by atoms with Crippen molar-refractivity contribution in [2.45, 2.75) is 12.1 Å². The molecule has 0 fully saturated rings. The molecule has 20 heavy (non-hydrogen) atoms. The average Bonchev–Trinajstić information content (AvgIpc) is 2.53. The first kappa shape index (κ1) is 14.6. The Morgan fingerprint density at radius 2 is 1.45 bits per heavy atom. The predicted molar refractivity (Wildman–Crippen MR) is 82.6 cm³/mol. The molecule has 2 N–H and O–H groups in total. The van der Waals surface area contributed by atoms with Crippen LogP contribution in [0.5, 0.6) is 0 Å². The summed E-state index contributed by atoms with van der Waals surface area (Å²) in [5.74, 6) is -0.188. The fraction of sp³-hybridized carbons (Fsp3) is 0.188. The van der Waals surface area contributed by atoms with Gasteiger partial charge in [-0.15, -0.1) is 0 Å². The van der Waals surface area contributed by atoms with Gasteiger partial charge in [0.05, 0.1) is 0 Å². The van der Waals surface area contributed by atoms with E-state index in [0.29, 0.717) is 0 Å². The van der Waals surface area contributed by atoms with Crippen LogP contribution in [0.4, 0.5) is 0 Å². The lowest BCUT2D eigenvalue weighted by molar-refractivity contribution is -0.148. The van der Waals surface area contributed by atoms with Crippen LogP contribution in [0.2, 0.25) is 0 Å². The molecule has 0 bridgehead atoms. The van der Waals surface area contributed by atoms with Gasteiger partial charge in [-0.2, -0.15) is 12.6 Å². The Labute approximate surface area is 124 Å². The molecule has 104 valence electrons. The molecule has 4 heteroatoms. The van der Waals surface area contributed by atoms with Gasteiger partial charge in [-0.3, -0.25) is 4.79 Å². The van der Waals surface area contributed by atoms with Gasteiger partial charge in [-0.1, -0.05) is 60.7 Å².